The third-order valence-corrected chi connectivity index (χ3v) is 3.36. The average Bonchev–Trinajstić information content (AvgIpc) is 2.67. The highest BCUT2D eigenvalue weighted by Gasteiger charge is 2.11. The lowest BCUT2D eigenvalue weighted by Crippen LogP contribution is -1.86. The highest BCUT2D eigenvalue weighted by atomic mass is 35.5. The molecule has 2 rings (SSSR count). The van der Waals surface area contributed by atoms with Crippen molar-refractivity contribution in [2.75, 3.05) is 0 Å². The Hall–Kier alpha value is -1.26. The van der Waals surface area contributed by atoms with E-state index in [9.17, 15) is 4.79 Å². The Kier molecular flexibility index (Phi) is 3.31. The molecule has 0 N–H and O–H groups in total. The van der Waals surface area contributed by atoms with Crippen LogP contribution in [0.25, 0.3) is 0 Å². The minimum Gasteiger partial charge on any atom is -0.439 e. The highest BCUT2D eigenvalue weighted by Crippen LogP contribution is 2.34. The first-order valence-electron chi connectivity index (χ1n) is 4.54. The van der Waals surface area contributed by atoms with Gasteiger partial charge in [-0.2, -0.15) is 0 Å². The molecule has 0 amide bonds. The number of hydrogen-bond donors (Lipinski definition) is 0. The van der Waals surface area contributed by atoms with Crippen molar-refractivity contribution in [2.45, 2.75) is 17.0 Å². The first-order valence-corrected chi connectivity index (χ1v) is 5.74. The van der Waals surface area contributed by atoms with Gasteiger partial charge in [-0.3, -0.25) is 4.79 Å². The summed E-state index contributed by atoms with van der Waals surface area (Å²) in [4.78, 5) is 15.7. The van der Waals surface area contributed by atoms with Gasteiger partial charge in [0.1, 0.15) is 6.26 Å². The molecule has 0 aliphatic heterocycles. The van der Waals surface area contributed by atoms with Crippen molar-refractivity contribution in [3.63, 3.8) is 0 Å². The van der Waals surface area contributed by atoms with Crippen LogP contribution in [0.5, 0.6) is 0 Å². The molecule has 0 bridgehead atoms. The predicted octanol–water partition coefficient (Wildman–Crippen LogP) is 3.60. The SMILES string of the molecule is Cc1coc(Sc2c(Cl)cccc2C=O)n1. The Labute approximate surface area is 102 Å². The van der Waals surface area contributed by atoms with Crippen LogP contribution in [0, 0.1) is 6.92 Å². The lowest BCUT2D eigenvalue weighted by atomic mass is 10.2. The van der Waals surface area contributed by atoms with E-state index in [4.69, 9.17) is 16.0 Å². The van der Waals surface area contributed by atoms with Gasteiger partial charge in [-0.15, -0.1) is 0 Å². The smallest absolute Gasteiger partial charge is 0.260 e. The molecule has 0 radical (unpaired) electrons. The van der Waals surface area contributed by atoms with E-state index in [0.29, 0.717) is 20.7 Å². The van der Waals surface area contributed by atoms with Gasteiger partial charge in [-0.05, 0) is 24.8 Å². The minimum atomic E-state index is 0.480. The molecule has 5 heteroatoms. The molecule has 3 nitrogen and oxygen atoms in total. The third kappa shape index (κ3) is 2.28. The molecule has 16 heavy (non-hydrogen) atoms. The second-order valence-electron chi connectivity index (χ2n) is 3.13. The van der Waals surface area contributed by atoms with Crippen LogP contribution in [0.4, 0.5) is 0 Å². The van der Waals surface area contributed by atoms with Crippen LogP contribution in [-0.2, 0) is 0 Å². The van der Waals surface area contributed by atoms with Gasteiger partial charge >= 0.3 is 0 Å². The lowest BCUT2D eigenvalue weighted by Gasteiger charge is -2.03. The zero-order valence-electron chi connectivity index (χ0n) is 8.44. The van der Waals surface area contributed by atoms with Gasteiger partial charge in [-0.1, -0.05) is 23.7 Å². The van der Waals surface area contributed by atoms with Crippen molar-refractivity contribution < 1.29 is 9.21 Å². The van der Waals surface area contributed by atoms with E-state index in [0.717, 1.165) is 12.0 Å². The molecular formula is C11H8ClNO2S. The number of carbonyl (C=O) groups is 1. The number of hydrogen-bond acceptors (Lipinski definition) is 4. The summed E-state index contributed by atoms with van der Waals surface area (Å²) < 4.78 is 5.20. The van der Waals surface area contributed by atoms with Crippen LogP contribution in [0.1, 0.15) is 16.1 Å². The van der Waals surface area contributed by atoms with E-state index in [1.807, 2.05) is 6.92 Å². The normalized spacial score (nSPS) is 10.4. The predicted molar refractivity (Wildman–Crippen MR) is 62.2 cm³/mol. The van der Waals surface area contributed by atoms with Crippen LogP contribution in [-0.4, -0.2) is 11.3 Å². The Morgan fingerprint density at radius 3 is 2.94 bits per heavy atom. The maximum absolute atomic E-state index is 10.9. The van der Waals surface area contributed by atoms with Gasteiger partial charge < -0.3 is 4.42 Å². The van der Waals surface area contributed by atoms with Gasteiger partial charge in [0, 0.05) is 10.5 Å². The fourth-order valence-electron chi connectivity index (χ4n) is 1.19. The molecule has 0 saturated carbocycles. The highest BCUT2D eigenvalue weighted by molar-refractivity contribution is 7.99. The zero-order valence-corrected chi connectivity index (χ0v) is 10.0. The fraction of sp³-hybridized carbons (Fsp3) is 0.0909. The number of oxazole rings is 1. The number of aldehydes is 1. The molecule has 1 aromatic carbocycles. The molecule has 0 saturated heterocycles. The van der Waals surface area contributed by atoms with Gasteiger partial charge in [-0.25, -0.2) is 4.98 Å². The molecule has 1 heterocycles. The Morgan fingerprint density at radius 2 is 2.31 bits per heavy atom. The second kappa shape index (κ2) is 4.72. The summed E-state index contributed by atoms with van der Waals surface area (Å²) in [6, 6.07) is 5.17. The van der Waals surface area contributed by atoms with E-state index in [1.54, 1.807) is 24.5 Å². The number of benzene rings is 1. The number of rotatable bonds is 3. The van der Waals surface area contributed by atoms with Gasteiger partial charge in [0.15, 0.2) is 6.29 Å². The van der Waals surface area contributed by atoms with Gasteiger partial charge in [0.05, 0.1) is 10.7 Å². The van der Waals surface area contributed by atoms with E-state index >= 15 is 0 Å². The molecule has 0 unspecified atom stereocenters. The van der Waals surface area contributed by atoms with Crippen molar-refractivity contribution in [1.29, 1.82) is 0 Å². The summed E-state index contributed by atoms with van der Waals surface area (Å²) in [5.74, 6) is 0. The largest absolute Gasteiger partial charge is 0.439 e. The van der Waals surface area contributed by atoms with E-state index in [1.165, 1.54) is 11.8 Å². The topological polar surface area (TPSA) is 43.1 Å². The van der Waals surface area contributed by atoms with Crippen molar-refractivity contribution >= 4 is 29.6 Å². The monoisotopic (exact) mass is 253 g/mol. The lowest BCUT2D eigenvalue weighted by molar-refractivity contribution is 0.112. The summed E-state index contributed by atoms with van der Waals surface area (Å²) in [5.41, 5.74) is 1.33. The van der Waals surface area contributed by atoms with E-state index in [2.05, 4.69) is 4.98 Å². The van der Waals surface area contributed by atoms with Crippen LogP contribution in [0.2, 0.25) is 5.02 Å². The van der Waals surface area contributed by atoms with Crippen LogP contribution < -0.4 is 0 Å². The maximum Gasteiger partial charge on any atom is 0.260 e. The van der Waals surface area contributed by atoms with E-state index in [-0.39, 0.29) is 0 Å². The molecule has 1 aromatic heterocycles. The van der Waals surface area contributed by atoms with Crippen molar-refractivity contribution in [2.24, 2.45) is 0 Å². The molecule has 2 aromatic rings. The number of carbonyl (C=O) groups excluding carboxylic acids is 1. The fourth-order valence-corrected chi connectivity index (χ4v) is 2.35. The molecule has 0 aliphatic rings. The molecule has 0 fully saturated rings. The Bertz CT molecular complexity index is 524. The molecular weight excluding hydrogens is 246 g/mol. The van der Waals surface area contributed by atoms with Gasteiger partial charge in [0.2, 0.25) is 0 Å². The number of aromatic nitrogens is 1. The molecule has 0 atom stereocenters. The van der Waals surface area contributed by atoms with Gasteiger partial charge in [0.25, 0.3) is 5.22 Å². The van der Waals surface area contributed by atoms with Crippen LogP contribution >= 0.6 is 23.4 Å². The first kappa shape index (κ1) is 11.2. The van der Waals surface area contributed by atoms with Crippen LogP contribution in [0.15, 0.2) is 39.0 Å². The zero-order chi connectivity index (χ0) is 11.5. The summed E-state index contributed by atoms with van der Waals surface area (Å²) >= 11 is 7.26. The van der Waals surface area contributed by atoms with Crippen molar-refractivity contribution in [1.82, 2.24) is 4.98 Å². The van der Waals surface area contributed by atoms with Crippen molar-refractivity contribution in [3.8, 4) is 0 Å². The molecule has 82 valence electrons. The maximum atomic E-state index is 10.9. The summed E-state index contributed by atoms with van der Waals surface area (Å²) in [6.07, 6.45) is 2.32. The van der Waals surface area contributed by atoms with E-state index < -0.39 is 0 Å². The summed E-state index contributed by atoms with van der Waals surface area (Å²) in [7, 11) is 0. The third-order valence-electron chi connectivity index (χ3n) is 1.91. The number of nitrogens with zero attached hydrogens (tertiary/aromatic N) is 1. The van der Waals surface area contributed by atoms with Crippen molar-refractivity contribution in [3.05, 3.63) is 40.7 Å². The first-order chi connectivity index (χ1) is 7.70. The summed E-state index contributed by atoms with van der Waals surface area (Å²) in [5, 5.41) is 0.999. The average molecular weight is 254 g/mol. The molecule has 0 aliphatic carbocycles. The number of halogens is 1. The summed E-state index contributed by atoms with van der Waals surface area (Å²) in [6.45, 7) is 1.83. The quantitative estimate of drug-likeness (QED) is 0.784. The Morgan fingerprint density at radius 1 is 1.50 bits per heavy atom. The standard InChI is InChI=1S/C11H8ClNO2S/c1-7-6-15-11(13-7)16-10-8(5-14)3-2-4-9(10)12/h2-6H,1H3. The minimum absolute atomic E-state index is 0.480. The Balaban J connectivity index is 2.37. The second-order valence-corrected chi connectivity index (χ2v) is 4.50. The molecule has 0 spiro atoms. The van der Waals surface area contributed by atoms with Crippen LogP contribution in [0.3, 0.4) is 0 Å². The number of aryl methyl sites for hydroxylation is 1.